The molecule has 3 nitrogen and oxygen atoms in total. The molecule has 0 saturated heterocycles. The van der Waals surface area contributed by atoms with Gasteiger partial charge in [-0.15, -0.1) is 11.3 Å². The minimum Gasteiger partial charge on any atom is -0.333 e. The number of hydrogen-bond acceptors (Lipinski definition) is 3. The standard InChI is InChI=1S/C17H21ClN2OS/c1-10(2)20(11(3)4)17(21)15-12(5)19-16(22-15)13-7-6-8-14(18)9-13/h6-11H,1-5H3. The van der Waals surface area contributed by atoms with Gasteiger partial charge in [-0.05, 0) is 46.8 Å². The van der Waals surface area contributed by atoms with Crippen molar-refractivity contribution in [2.45, 2.75) is 46.7 Å². The van der Waals surface area contributed by atoms with Crippen molar-refractivity contribution in [2.24, 2.45) is 0 Å². The van der Waals surface area contributed by atoms with Crippen LogP contribution in [0.1, 0.15) is 43.1 Å². The van der Waals surface area contributed by atoms with Crippen molar-refractivity contribution in [3.63, 3.8) is 0 Å². The third-order valence-electron chi connectivity index (χ3n) is 3.41. The molecule has 0 aliphatic rings. The zero-order valence-corrected chi connectivity index (χ0v) is 15.1. The van der Waals surface area contributed by atoms with Crippen molar-refractivity contribution < 1.29 is 4.79 Å². The number of aryl methyl sites for hydroxylation is 1. The molecule has 5 heteroatoms. The molecule has 2 rings (SSSR count). The summed E-state index contributed by atoms with van der Waals surface area (Å²) >= 11 is 7.47. The van der Waals surface area contributed by atoms with E-state index in [2.05, 4.69) is 4.98 Å². The maximum Gasteiger partial charge on any atom is 0.266 e. The first-order valence-electron chi connectivity index (χ1n) is 7.37. The van der Waals surface area contributed by atoms with Crippen LogP contribution in [0.15, 0.2) is 24.3 Å². The van der Waals surface area contributed by atoms with E-state index in [4.69, 9.17) is 11.6 Å². The smallest absolute Gasteiger partial charge is 0.266 e. The van der Waals surface area contributed by atoms with Gasteiger partial charge >= 0.3 is 0 Å². The van der Waals surface area contributed by atoms with Crippen LogP contribution in [0.5, 0.6) is 0 Å². The molecule has 0 spiro atoms. The molecule has 0 bridgehead atoms. The number of aromatic nitrogens is 1. The van der Waals surface area contributed by atoms with Gasteiger partial charge in [0, 0.05) is 22.7 Å². The van der Waals surface area contributed by atoms with Crippen LogP contribution in [0, 0.1) is 6.92 Å². The van der Waals surface area contributed by atoms with E-state index in [1.54, 1.807) is 0 Å². The summed E-state index contributed by atoms with van der Waals surface area (Å²) in [7, 11) is 0. The highest BCUT2D eigenvalue weighted by atomic mass is 35.5. The number of nitrogens with zero attached hydrogens (tertiary/aromatic N) is 2. The van der Waals surface area contributed by atoms with Crippen LogP contribution in [0.4, 0.5) is 0 Å². The highest BCUT2D eigenvalue weighted by molar-refractivity contribution is 7.17. The largest absolute Gasteiger partial charge is 0.333 e. The molecule has 2 aromatic rings. The number of rotatable bonds is 4. The topological polar surface area (TPSA) is 33.2 Å². The van der Waals surface area contributed by atoms with E-state index < -0.39 is 0 Å². The normalized spacial score (nSPS) is 11.3. The summed E-state index contributed by atoms with van der Waals surface area (Å²) in [6, 6.07) is 7.87. The van der Waals surface area contributed by atoms with Gasteiger partial charge in [0.25, 0.3) is 5.91 Å². The molecule has 0 saturated carbocycles. The molecule has 118 valence electrons. The fourth-order valence-corrected chi connectivity index (χ4v) is 3.72. The number of benzene rings is 1. The highest BCUT2D eigenvalue weighted by Gasteiger charge is 2.25. The van der Waals surface area contributed by atoms with Gasteiger partial charge in [-0.25, -0.2) is 4.98 Å². The number of hydrogen-bond donors (Lipinski definition) is 0. The molecule has 0 atom stereocenters. The van der Waals surface area contributed by atoms with Crippen molar-refractivity contribution >= 4 is 28.8 Å². The van der Waals surface area contributed by atoms with Gasteiger partial charge in [-0.3, -0.25) is 4.79 Å². The molecule has 0 fully saturated rings. The van der Waals surface area contributed by atoms with Gasteiger partial charge in [0.15, 0.2) is 0 Å². The van der Waals surface area contributed by atoms with Crippen LogP contribution in [-0.4, -0.2) is 27.9 Å². The molecule has 1 aromatic heterocycles. The van der Waals surface area contributed by atoms with Crippen LogP contribution in [0.25, 0.3) is 10.6 Å². The van der Waals surface area contributed by atoms with Gasteiger partial charge in [0.05, 0.1) is 5.69 Å². The first-order chi connectivity index (χ1) is 10.3. The van der Waals surface area contributed by atoms with Gasteiger partial charge < -0.3 is 4.90 Å². The summed E-state index contributed by atoms with van der Waals surface area (Å²) in [6.07, 6.45) is 0. The van der Waals surface area contributed by atoms with Crippen molar-refractivity contribution in [1.29, 1.82) is 0 Å². The molecular formula is C17H21ClN2OS. The van der Waals surface area contributed by atoms with Crippen LogP contribution in [0.2, 0.25) is 5.02 Å². The summed E-state index contributed by atoms with van der Waals surface area (Å²) in [5, 5.41) is 1.50. The molecule has 22 heavy (non-hydrogen) atoms. The average molecular weight is 337 g/mol. The van der Waals surface area contributed by atoms with E-state index in [1.165, 1.54) is 11.3 Å². The Morgan fingerprint density at radius 3 is 2.41 bits per heavy atom. The quantitative estimate of drug-likeness (QED) is 0.784. The SMILES string of the molecule is Cc1nc(-c2cccc(Cl)c2)sc1C(=O)N(C(C)C)C(C)C. The predicted molar refractivity (Wildman–Crippen MR) is 93.7 cm³/mol. The summed E-state index contributed by atoms with van der Waals surface area (Å²) < 4.78 is 0. The molecule has 0 aliphatic carbocycles. The second-order valence-electron chi connectivity index (χ2n) is 5.84. The average Bonchev–Trinajstić information content (AvgIpc) is 2.80. The van der Waals surface area contributed by atoms with E-state index in [9.17, 15) is 4.79 Å². The Hall–Kier alpha value is -1.39. The molecule has 0 unspecified atom stereocenters. The molecular weight excluding hydrogens is 316 g/mol. The fourth-order valence-electron chi connectivity index (χ4n) is 2.52. The van der Waals surface area contributed by atoms with Crippen molar-refractivity contribution in [1.82, 2.24) is 9.88 Å². The third-order valence-corrected chi connectivity index (χ3v) is 4.84. The van der Waals surface area contributed by atoms with Crippen molar-refractivity contribution in [3.8, 4) is 10.6 Å². The first kappa shape index (κ1) is 17.0. The maximum atomic E-state index is 12.8. The Morgan fingerprint density at radius 2 is 1.86 bits per heavy atom. The summed E-state index contributed by atoms with van der Waals surface area (Å²) in [5.74, 6) is 0.0493. The monoisotopic (exact) mass is 336 g/mol. The van der Waals surface area contributed by atoms with Gasteiger partial charge in [-0.1, -0.05) is 23.7 Å². The maximum absolute atomic E-state index is 12.8. The van der Waals surface area contributed by atoms with Crippen LogP contribution in [0.3, 0.4) is 0 Å². The molecule has 0 aliphatic heterocycles. The number of halogens is 1. The second kappa shape index (κ2) is 6.80. The highest BCUT2D eigenvalue weighted by Crippen LogP contribution is 2.30. The predicted octanol–water partition coefficient (Wildman–Crippen LogP) is 5.03. The minimum atomic E-state index is 0.0493. The summed E-state index contributed by atoms with van der Waals surface area (Å²) in [6.45, 7) is 10.0. The van der Waals surface area contributed by atoms with E-state index in [0.29, 0.717) is 9.90 Å². The number of carbonyl (C=O) groups excluding carboxylic acids is 1. The van der Waals surface area contributed by atoms with E-state index in [0.717, 1.165) is 16.3 Å². The Morgan fingerprint density at radius 1 is 1.23 bits per heavy atom. The van der Waals surface area contributed by atoms with E-state index >= 15 is 0 Å². The van der Waals surface area contributed by atoms with Crippen LogP contribution in [-0.2, 0) is 0 Å². The number of carbonyl (C=O) groups is 1. The Bertz CT molecular complexity index is 671. The van der Waals surface area contributed by atoms with E-state index in [1.807, 2.05) is 63.8 Å². The van der Waals surface area contributed by atoms with Gasteiger partial charge in [0.1, 0.15) is 9.88 Å². The Labute approximate surface area is 140 Å². The van der Waals surface area contributed by atoms with Gasteiger partial charge in [-0.2, -0.15) is 0 Å². The van der Waals surface area contributed by atoms with E-state index in [-0.39, 0.29) is 18.0 Å². The second-order valence-corrected chi connectivity index (χ2v) is 7.28. The Balaban J connectivity index is 2.39. The molecule has 1 aromatic carbocycles. The summed E-state index contributed by atoms with van der Waals surface area (Å²) in [5.41, 5.74) is 1.72. The van der Waals surface area contributed by atoms with Crippen molar-refractivity contribution in [2.75, 3.05) is 0 Å². The Kier molecular flexibility index (Phi) is 5.24. The molecule has 0 radical (unpaired) electrons. The molecule has 0 N–H and O–H groups in total. The first-order valence-corrected chi connectivity index (χ1v) is 8.56. The van der Waals surface area contributed by atoms with Crippen LogP contribution >= 0.6 is 22.9 Å². The lowest BCUT2D eigenvalue weighted by atomic mass is 10.2. The summed E-state index contributed by atoms with van der Waals surface area (Å²) in [4.78, 5) is 20.0. The zero-order chi connectivity index (χ0) is 16.4. The zero-order valence-electron chi connectivity index (χ0n) is 13.6. The molecule has 1 heterocycles. The van der Waals surface area contributed by atoms with Crippen molar-refractivity contribution in [3.05, 3.63) is 39.9 Å². The van der Waals surface area contributed by atoms with Gasteiger partial charge in [0.2, 0.25) is 0 Å². The van der Waals surface area contributed by atoms with Crippen LogP contribution < -0.4 is 0 Å². The third kappa shape index (κ3) is 3.50. The number of amides is 1. The fraction of sp³-hybridized carbons (Fsp3) is 0.412. The lowest BCUT2D eigenvalue weighted by Gasteiger charge is -2.30. The lowest BCUT2D eigenvalue weighted by molar-refractivity contribution is 0.0648. The lowest BCUT2D eigenvalue weighted by Crippen LogP contribution is -2.41. The number of thiazole rings is 1. The molecule has 1 amide bonds. The minimum absolute atomic E-state index is 0.0493.